The van der Waals surface area contributed by atoms with Gasteiger partial charge in [0.2, 0.25) is 0 Å². The predicted molar refractivity (Wildman–Crippen MR) is 76.0 cm³/mol. The lowest BCUT2D eigenvalue weighted by Crippen LogP contribution is -2.00. The van der Waals surface area contributed by atoms with Crippen molar-refractivity contribution in [1.82, 2.24) is 0 Å². The number of carboxylic acid groups (broad SMARTS) is 1. The number of aromatic carboxylic acids is 1. The highest BCUT2D eigenvalue weighted by Crippen LogP contribution is 2.23. The van der Waals surface area contributed by atoms with Gasteiger partial charge in [-0.25, -0.2) is 4.79 Å². The SMILES string of the molecule is CC(=O)c1cc(Cc2ccc(O)c(C(=O)O)c2)ccc1O. The minimum Gasteiger partial charge on any atom is -0.507 e. The Morgan fingerprint density at radius 1 is 0.905 bits per heavy atom. The van der Waals surface area contributed by atoms with Gasteiger partial charge >= 0.3 is 5.97 Å². The highest BCUT2D eigenvalue weighted by molar-refractivity contribution is 5.96. The van der Waals surface area contributed by atoms with E-state index in [0.717, 1.165) is 5.56 Å². The molecular formula is C16H14O5. The van der Waals surface area contributed by atoms with Crippen LogP contribution in [0, 0.1) is 0 Å². The monoisotopic (exact) mass is 286 g/mol. The molecule has 0 radical (unpaired) electrons. The van der Waals surface area contributed by atoms with Gasteiger partial charge in [0.15, 0.2) is 5.78 Å². The van der Waals surface area contributed by atoms with E-state index in [-0.39, 0.29) is 28.4 Å². The Balaban J connectivity index is 2.34. The molecule has 0 fully saturated rings. The standard InChI is InChI=1S/C16H14O5/c1-9(17)12-7-10(2-4-14(12)18)6-11-3-5-15(19)13(8-11)16(20)21/h2-5,7-8,18-19H,6H2,1H3,(H,20,21). The number of carboxylic acids is 1. The Morgan fingerprint density at radius 3 is 1.86 bits per heavy atom. The minimum atomic E-state index is -1.20. The first-order valence-electron chi connectivity index (χ1n) is 6.26. The number of carbonyl (C=O) groups is 2. The van der Waals surface area contributed by atoms with Gasteiger partial charge in [-0.1, -0.05) is 12.1 Å². The van der Waals surface area contributed by atoms with Crippen LogP contribution < -0.4 is 0 Å². The van der Waals surface area contributed by atoms with Crippen molar-refractivity contribution in [2.45, 2.75) is 13.3 Å². The Hall–Kier alpha value is -2.82. The fourth-order valence-electron chi connectivity index (χ4n) is 2.08. The molecule has 2 rings (SSSR count). The zero-order valence-electron chi connectivity index (χ0n) is 11.3. The first kappa shape index (κ1) is 14.6. The highest BCUT2D eigenvalue weighted by Gasteiger charge is 2.12. The summed E-state index contributed by atoms with van der Waals surface area (Å²) in [5.41, 5.74) is 1.51. The zero-order chi connectivity index (χ0) is 15.6. The van der Waals surface area contributed by atoms with Gasteiger partial charge in [0.25, 0.3) is 0 Å². The van der Waals surface area contributed by atoms with Crippen LogP contribution in [0.3, 0.4) is 0 Å². The summed E-state index contributed by atoms with van der Waals surface area (Å²) in [5, 5.41) is 28.0. The number of hydrogen-bond donors (Lipinski definition) is 3. The summed E-state index contributed by atoms with van der Waals surface area (Å²) >= 11 is 0. The van der Waals surface area contributed by atoms with Gasteiger partial charge in [-0.2, -0.15) is 0 Å². The van der Waals surface area contributed by atoms with Crippen LogP contribution in [0.4, 0.5) is 0 Å². The van der Waals surface area contributed by atoms with E-state index in [9.17, 15) is 19.8 Å². The van der Waals surface area contributed by atoms with Crippen molar-refractivity contribution in [3.63, 3.8) is 0 Å². The Labute approximate surface area is 121 Å². The maximum atomic E-state index is 11.4. The van der Waals surface area contributed by atoms with Crippen molar-refractivity contribution in [2.75, 3.05) is 0 Å². The molecular weight excluding hydrogens is 272 g/mol. The topological polar surface area (TPSA) is 94.8 Å². The quantitative estimate of drug-likeness (QED) is 0.751. The summed E-state index contributed by atoms with van der Waals surface area (Å²) in [5.74, 6) is -1.82. The number of benzene rings is 2. The van der Waals surface area contributed by atoms with E-state index in [0.29, 0.717) is 12.0 Å². The molecule has 0 atom stereocenters. The number of Topliss-reactive ketones (excluding diaryl/α,β-unsaturated/α-hetero) is 1. The fraction of sp³-hybridized carbons (Fsp3) is 0.125. The number of hydrogen-bond acceptors (Lipinski definition) is 4. The van der Waals surface area contributed by atoms with Crippen LogP contribution >= 0.6 is 0 Å². The molecule has 0 bridgehead atoms. The second-order valence-electron chi connectivity index (χ2n) is 4.74. The Kier molecular flexibility index (Phi) is 3.93. The molecule has 0 saturated carbocycles. The number of aromatic hydroxyl groups is 2. The smallest absolute Gasteiger partial charge is 0.339 e. The number of rotatable bonds is 4. The van der Waals surface area contributed by atoms with Gasteiger partial charge in [0.05, 0.1) is 5.56 Å². The van der Waals surface area contributed by atoms with Crippen LogP contribution in [0.1, 0.15) is 38.8 Å². The third-order valence-electron chi connectivity index (χ3n) is 3.14. The molecule has 0 aromatic heterocycles. The van der Waals surface area contributed by atoms with Crippen molar-refractivity contribution < 1.29 is 24.9 Å². The van der Waals surface area contributed by atoms with Gasteiger partial charge in [0, 0.05) is 0 Å². The number of phenols is 2. The number of carbonyl (C=O) groups excluding carboxylic acids is 1. The molecule has 5 nitrogen and oxygen atoms in total. The van der Waals surface area contributed by atoms with E-state index in [1.54, 1.807) is 18.2 Å². The summed E-state index contributed by atoms with van der Waals surface area (Å²) < 4.78 is 0. The molecule has 3 N–H and O–H groups in total. The van der Waals surface area contributed by atoms with Crippen molar-refractivity contribution in [1.29, 1.82) is 0 Å². The van der Waals surface area contributed by atoms with Crippen LogP contribution in [-0.4, -0.2) is 27.1 Å². The second-order valence-corrected chi connectivity index (χ2v) is 4.74. The molecule has 0 unspecified atom stereocenters. The van der Waals surface area contributed by atoms with Gasteiger partial charge in [-0.15, -0.1) is 0 Å². The lowest BCUT2D eigenvalue weighted by atomic mass is 9.99. The van der Waals surface area contributed by atoms with Crippen LogP contribution in [0.2, 0.25) is 0 Å². The van der Waals surface area contributed by atoms with Crippen molar-refractivity contribution in [3.05, 3.63) is 58.7 Å². The third-order valence-corrected chi connectivity index (χ3v) is 3.14. The molecule has 0 aliphatic rings. The summed E-state index contributed by atoms with van der Waals surface area (Å²) in [4.78, 5) is 22.4. The second kappa shape index (κ2) is 5.66. The van der Waals surface area contributed by atoms with Crippen molar-refractivity contribution in [2.24, 2.45) is 0 Å². The third kappa shape index (κ3) is 3.20. The Bertz CT molecular complexity index is 657. The average Bonchev–Trinajstić information content (AvgIpc) is 2.42. The van der Waals surface area contributed by atoms with E-state index in [1.807, 2.05) is 0 Å². The molecule has 0 heterocycles. The number of phenolic OH excluding ortho intramolecular Hbond substituents is 1. The molecule has 0 spiro atoms. The molecule has 108 valence electrons. The minimum absolute atomic E-state index is 0.0804. The lowest BCUT2D eigenvalue weighted by molar-refractivity contribution is 0.0693. The maximum Gasteiger partial charge on any atom is 0.339 e. The van der Waals surface area contributed by atoms with Crippen molar-refractivity contribution in [3.8, 4) is 11.5 Å². The zero-order valence-corrected chi connectivity index (χ0v) is 11.3. The van der Waals surface area contributed by atoms with Gasteiger partial charge in [-0.3, -0.25) is 4.79 Å². The van der Waals surface area contributed by atoms with Crippen LogP contribution in [0.5, 0.6) is 11.5 Å². The van der Waals surface area contributed by atoms with E-state index < -0.39 is 5.97 Å². The van der Waals surface area contributed by atoms with Gasteiger partial charge in [-0.05, 0) is 48.7 Å². The predicted octanol–water partition coefficient (Wildman–Crippen LogP) is 2.59. The summed E-state index contributed by atoms with van der Waals surface area (Å²) in [6, 6.07) is 9.00. The lowest BCUT2D eigenvalue weighted by Gasteiger charge is -2.07. The molecule has 0 saturated heterocycles. The molecule has 0 aliphatic carbocycles. The van der Waals surface area contributed by atoms with Crippen LogP contribution in [0.25, 0.3) is 0 Å². The van der Waals surface area contributed by atoms with E-state index in [1.165, 1.54) is 25.1 Å². The van der Waals surface area contributed by atoms with Gasteiger partial charge < -0.3 is 15.3 Å². The maximum absolute atomic E-state index is 11.4. The first-order valence-corrected chi connectivity index (χ1v) is 6.26. The fourth-order valence-corrected chi connectivity index (χ4v) is 2.08. The van der Waals surface area contributed by atoms with E-state index >= 15 is 0 Å². The molecule has 0 amide bonds. The number of ketones is 1. The summed E-state index contributed by atoms with van der Waals surface area (Å²) in [7, 11) is 0. The normalized spacial score (nSPS) is 10.3. The molecule has 21 heavy (non-hydrogen) atoms. The molecule has 0 aliphatic heterocycles. The van der Waals surface area contributed by atoms with Crippen LogP contribution in [-0.2, 0) is 6.42 Å². The van der Waals surface area contributed by atoms with Gasteiger partial charge in [0.1, 0.15) is 17.1 Å². The van der Waals surface area contributed by atoms with E-state index in [4.69, 9.17) is 5.11 Å². The Morgan fingerprint density at radius 2 is 1.38 bits per heavy atom. The average molecular weight is 286 g/mol. The van der Waals surface area contributed by atoms with Crippen molar-refractivity contribution >= 4 is 11.8 Å². The highest BCUT2D eigenvalue weighted by atomic mass is 16.4. The van der Waals surface area contributed by atoms with Crippen LogP contribution in [0.15, 0.2) is 36.4 Å². The largest absolute Gasteiger partial charge is 0.507 e. The summed E-state index contributed by atoms with van der Waals surface area (Å²) in [6.07, 6.45) is 0.390. The first-order chi connectivity index (χ1) is 9.88. The van der Waals surface area contributed by atoms with E-state index in [2.05, 4.69) is 0 Å². The molecule has 5 heteroatoms. The summed E-state index contributed by atoms with van der Waals surface area (Å²) in [6.45, 7) is 1.36. The molecule has 2 aromatic carbocycles. The molecule has 2 aromatic rings.